The molecule has 0 saturated heterocycles. The van der Waals surface area contributed by atoms with E-state index in [-0.39, 0.29) is 29.8 Å². The molecule has 0 heterocycles. The summed E-state index contributed by atoms with van der Waals surface area (Å²) in [6.07, 6.45) is 0. The molecule has 2 rings (SSSR count). The third-order valence-corrected chi connectivity index (χ3v) is 4.21. The van der Waals surface area contributed by atoms with Crippen molar-refractivity contribution in [3.63, 3.8) is 0 Å². The molecule has 0 spiro atoms. The number of carbonyl (C=O) groups is 2. The number of nitro groups is 1. The van der Waals surface area contributed by atoms with Gasteiger partial charge in [-0.3, -0.25) is 14.9 Å². The first-order chi connectivity index (χ1) is 14.1. The molecule has 0 aliphatic heterocycles. The fraction of sp³-hybridized carbons (Fsp3) is 0.333. The van der Waals surface area contributed by atoms with Crippen LogP contribution >= 0.6 is 0 Å². The van der Waals surface area contributed by atoms with E-state index < -0.39 is 29.1 Å². The van der Waals surface area contributed by atoms with Crippen LogP contribution in [0.25, 0.3) is 0 Å². The van der Waals surface area contributed by atoms with Crippen molar-refractivity contribution in [2.75, 3.05) is 25.5 Å². The molecule has 9 nitrogen and oxygen atoms in total. The van der Waals surface area contributed by atoms with E-state index in [1.807, 2.05) is 24.3 Å². The summed E-state index contributed by atoms with van der Waals surface area (Å²) in [4.78, 5) is 33.9. The van der Waals surface area contributed by atoms with E-state index in [4.69, 9.17) is 15.2 Å². The monoisotopic (exact) mass is 415 g/mol. The number of nitrogen functional groups attached to an aromatic ring is 1. The number of anilines is 1. The number of hydrogen-bond acceptors (Lipinski definition) is 7. The summed E-state index contributed by atoms with van der Waals surface area (Å²) in [6.45, 7) is 6.33. The molecular weight excluding hydrogens is 390 g/mol. The molecule has 0 atom stereocenters. The number of nitro benzene ring substituents is 1. The molecule has 30 heavy (non-hydrogen) atoms. The first-order valence-electron chi connectivity index (χ1n) is 9.29. The largest absolute Gasteiger partial charge is 0.492 e. The average Bonchev–Trinajstić information content (AvgIpc) is 2.69. The van der Waals surface area contributed by atoms with E-state index >= 15 is 0 Å². The quantitative estimate of drug-likeness (QED) is 0.223. The van der Waals surface area contributed by atoms with Crippen molar-refractivity contribution in [3.8, 4) is 5.75 Å². The lowest BCUT2D eigenvalue weighted by atomic mass is 9.87. The Morgan fingerprint density at radius 2 is 1.80 bits per heavy atom. The number of hydrogen-bond donors (Lipinski definition) is 2. The Morgan fingerprint density at radius 3 is 2.40 bits per heavy atom. The molecule has 2 aromatic carbocycles. The number of ether oxygens (including phenoxy) is 2. The highest BCUT2D eigenvalue weighted by Crippen LogP contribution is 2.24. The predicted octanol–water partition coefficient (Wildman–Crippen LogP) is 2.83. The van der Waals surface area contributed by atoms with Gasteiger partial charge in [-0.15, -0.1) is 0 Å². The van der Waals surface area contributed by atoms with E-state index in [1.165, 1.54) is 17.7 Å². The van der Waals surface area contributed by atoms with E-state index in [9.17, 15) is 19.7 Å². The molecule has 160 valence electrons. The number of esters is 1. The minimum absolute atomic E-state index is 0.0568. The lowest BCUT2D eigenvalue weighted by molar-refractivity contribution is -0.383. The van der Waals surface area contributed by atoms with Crippen molar-refractivity contribution in [3.05, 3.63) is 63.7 Å². The first kappa shape index (κ1) is 22.7. The van der Waals surface area contributed by atoms with Gasteiger partial charge in [0.1, 0.15) is 18.0 Å². The highest BCUT2D eigenvalue weighted by Gasteiger charge is 2.17. The maximum atomic E-state index is 12.0. The van der Waals surface area contributed by atoms with Crippen molar-refractivity contribution in [2.45, 2.75) is 26.2 Å². The van der Waals surface area contributed by atoms with Crippen LogP contribution in [-0.2, 0) is 14.9 Å². The van der Waals surface area contributed by atoms with Gasteiger partial charge in [-0.25, -0.2) is 4.79 Å². The molecule has 3 N–H and O–H groups in total. The topological polar surface area (TPSA) is 134 Å². The summed E-state index contributed by atoms with van der Waals surface area (Å²) in [5.74, 6) is -0.683. The summed E-state index contributed by atoms with van der Waals surface area (Å²) >= 11 is 0. The fourth-order valence-corrected chi connectivity index (χ4v) is 2.50. The number of amides is 1. The molecule has 0 saturated carbocycles. The Morgan fingerprint density at radius 1 is 1.13 bits per heavy atom. The first-order valence-corrected chi connectivity index (χ1v) is 9.29. The van der Waals surface area contributed by atoms with Gasteiger partial charge >= 0.3 is 5.97 Å². The molecule has 9 heteroatoms. The summed E-state index contributed by atoms with van der Waals surface area (Å²) in [5, 5.41) is 13.4. The van der Waals surface area contributed by atoms with Gasteiger partial charge in [-0.2, -0.15) is 0 Å². The van der Waals surface area contributed by atoms with Gasteiger partial charge in [-0.05, 0) is 35.2 Å². The Balaban J connectivity index is 1.73. The van der Waals surface area contributed by atoms with Crippen molar-refractivity contribution < 1.29 is 24.0 Å². The summed E-state index contributed by atoms with van der Waals surface area (Å²) in [7, 11) is 0. The zero-order valence-corrected chi connectivity index (χ0v) is 17.1. The van der Waals surface area contributed by atoms with Crippen LogP contribution in [0.4, 0.5) is 11.4 Å². The molecule has 0 aliphatic carbocycles. The molecular formula is C21H25N3O6. The Kier molecular flexibility index (Phi) is 7.35. The molecule has 0 aromatic heterocycles. The fourth-order valence-electron chi connectivity index (χ4n) is 2.50. The van der Waals surface area contributed by atoms with Crippen LogP contribution in [0.5, 0.6) is 5.75 Å². The van der Waals surface area contributed by atoms with Crippen LogP contribution in [0.15, 0.2) is 42.5 Å². The molecule has 0 fully saturated rings. The number of rotatable bonds is 8. The van der Waals surface area contributed by atoms with Gasteiger partial charge in [0.05, 0.1) is 17.0 Å². The molecule has 0 aliphatic rings. The van der Waals surface area contributed by atoms with E-state index in [0.717, 1.165) is 6.07 Å². The van der Waals surface area contributed by atoms with Crippen LogP contribution in [0.3, 0.4) is 0 Å². The standard InChI is InChI=1S/C21H25N3O6/c1-21(2,3)15-5-7-16(8-6-15)29-11-10-23-19(25)13-30-20(26)14-4-9-17(22)18(12-14)24(27)28/h4-9,12H,10-11,13,22H2,1-3H3,(H,23,25). The lowest BCUT2D eigenvalue weighted by Gasteiger charge is -2.19. The number of nitrogens with two attached hydrogens (primary N) is 1. The predicted molar refractivity (Wildman–Crippen MR) is 111 cm³/mol. The van der Waals surface area contributed by atoms with Gasteiger partial charge in [0.25, 0.3) is 11.6 Å². The van der Waals surface area contributed by atoms with Gasteiger partial charge in [0.2, 0.25) is 0 Å². The highest BCUT2D eigenvalue weighted by molar-refractivity contribution is 5.92. The number of nitrogens with one attached hydrogen (secondary N) is 1. The highest BCUT2D eigenvalue weighted by atomic mass is 16.6. The van der Waals surface area contributed by atoms with Crippen molar-refractivity contribution in [1.29, 1.82) is 0 Å². The van der Waals surface area contributed by atoms with Crippen LogP contribution in [0, 0.1) is 10.1 Å². The van der Waals surface area contributed by atoms with E-state index in [1.54, 1.807) is 0 Å². The van der Waals surface area contributed by atoms with Crippen LogP contribution in [0.1, 0.15) is 36.7 Å². The molecule has 0 unspecified atom stereocenters. The molecule has 2 aromatic rings. The van der Waals surface area contributed by atoms with Crippen molar-refractivity contribution >= 4 is 23.3 Å². The minimum atomic E-state index is -0.858. The summed E-state index contributed by atoms with van der Waals surface area (Å²) < 4.78 is 10.4. The summed E-state index contributed by atoms with van der Waals surface area (Å²) in [5.41, 5.74) is 6.19. The smallest absolute Gasteiger partial charge is 0.338 e. The van der Waals surface area contributed by atoms with E-state index in [0.29, 0.717) is 5.75 Å². The average molecular weight is 415 g/mol. The Bertz CT molecular complexity index is 919. The van der Waals surface area contributed by atoms with Crippen LogP contribution in [0.2, 0.25) is 0 Å². The Hall–Kier alpha value is -3.62. The zero-order valence-electron chi connectivity index (χ0n) is 17.1. The SMILES string of the molecule is CC(C)(C)c1ccc(OCCNC(=O)COC(=O)c2ccc(N)c([N+](=O)[O-])c2)cc1. The maximum Gasteiger partial charge on any atom is 0.338 e. The maximum absolute atomic E-state index is 12.0. The zero-order chi connectivity index (χ0) is 22.3. The van der Waals surface area contributed by atoms with Crippen molar-refractivity contribution in [1.82, 2.24) is 5.32 Å². The second kappa shape index (κ2) is 9.73. The number of nitrogens with zero attached hydrogens (tertiary/aromatic N) is 1. The minimum Gasteiger partial charge on any atom is -0.492 e. The molecule has 0 radical (unpaired) electrons. The van der Waals surface area contributed by atoms with Crippen molar-refractivity contribution in [2.24, 2.45) is 0 Å². The number of carbonyl (C=O) groups excluding carboxylic acids is 2. The van der Waals surface area contributed by atoms with Gasteiger partial charge in [0, 0.05) is 6.07 Å². The lowest BCUT2D eigenvalue weighted by Crippen LogP contribution is -2.32. The normalized spacial score (nSPS) is 10.9. The van der Waals surface area contributed by atoms with Gasteiger partial charge in [-0.1, -0.05) is 32.9 Å². The van der Waals surface area contributed by atoms with Crippen LogP contribution < -0.4 is 15.8 Å². The van der Waals surface area contributed by atoms with Crippen LogP contribution in [-0.4, -0.2) is 36.6 Å². The number of benzene rings is 2. The molecule has 0 bridgehead atoms. The van der Waals surface area contributed by atoms with Gasteiger partial charge in [0.15, 0.2) is 6.61 Å². The third kappa shape index (κ3) is 6.47. The third-order valence-electron chi connectivity index (χ3n) is 4.21. The second-order valence-corrected chi connectivity index (χ2v) is 7.58. The van der Waals surface area contributed by atoms with Gasteiger partial charge < -0.3 is 20.5 Å². The summed E-state index contributed by atoms with van der Waals surface area (Å²) in [6, 6.07) is 11.3. The Labute approximate surface area is 174 Å². The van der Waals surface area contributed by atoms with E-state index in [2.05, 4.69) is 26.1 Å². The molecule has 1 amide bonds. The second-order valence-electron chi connectivity index (χ2n) is 7.58.